The highest BCUT2D eigenvalue weighted by Gasteiger charge is 2.30. The van der Waals surface area contributed by atoms with Gasteiger partial charge in [-0.2, -0.15) is 4.31 Å². The zero-order valence-corrected chi connectivity index (χ0v) is 15.3. The van der Waals surface area contributed by atoms with Crippen molar-refractivity contribution >= 4 is 43.2 Å². The van der Waals surface area contributed by atoms with Gasteiger partial charge in [0.05, 0.1) is 16.3 Å². The van der Waals surface area contributed by atoms with E-state index >= 15 is 0 Å². The van der Waals surface area contributed by atoms with Gasteiger partial charge in [0.15, 0.2) is 0 Å². The largest absolute Gasteiger partial charge is 0.246 e. The molecule has 0 bridgehead atoms. The zero-order valence-electron chi connectivity index (χ0n) is 12.9. The fourth-order valence-electron chi connectivity index (χ4n) is 2.27. The molecule has 1 aromatic heterocycles. The van der Waals surface area contributed by atoms with Crippen molar-refractivity contribution in [1.82, 2.24) is 9.29 Å². The summed E-state index contributed by atoms with van der Waals surface area (Å²) in [5.41, 5.74) is 0.813. The van der Waals surface area contributed by atoms with E-state index in [-0.39, 0.29) is 5.02 Å². The van der Waals surface area contributed by atoms with Gasteiger partial charge < -0.3 is 0 Å². The van der Waals surface area contributed by atoms with E-state index < -0.39 is 26.8 Å². The molecule has 126 valence electrons. The van der Waals surface area contributed by atoms with Crippen LogP contribution in [0.4, 0.5) is 4.39 Å². The molecule has 0 fully saturated rings. The molecule has 0 N–H and O–H groups in total. The fourth-order valence-corrected chi connectivity index (χ4v) is 4.93. The molecule has 1 heterocycles. The molecule has 24 heavy (non-hydrogen) atoms. The number of halogens is 2. The molecule has 0 amide bonds. The summed E-state index contributed by atoms with van der Waals surface area (Å²) in [6.07, 6.45) is 0. The number of hydrogen-bond acceptors (Lipinski definition) is 4. The lowest BCUT2D eigenvalue weighted by Crippen LogP contribution is -2.30. The van der Waals surface area contributed by atoms with E-state index in [1.807, 2.05) is 24.3 Å². The van der Waals surface area contributed by atoms with E-state index in [0.717, 1.165) is 20.6 Å². The number of para-hydroxylation sites is 1. The first-order valence-corrected chi connectivity index (χ1v) is 9.72. The predicted octanol–water partition coefficient (Wildman–Crippen LogP) is 4.47. The molecule has 0 unspecified atom stereocenters. The highest BCUT2D eigenvalue weighted by molar-refractivity contribution is 7.89. The average Bonchev–Trinajstić information content (AvgIpc) is 2.97. The number of fused-ring (bicyclic) bond motifs is 1. The minimum absolute atomic E-state index is 0.147. The van der Waals surface area contributed by atoms with Gasteiger partial charge in [0, 0.05) is 12.1 Å². The topological polar surface area (TPSA) is 50.3 Å². The summed E-state index contributed by atoms with van der Waals surface area (Å²) in [4.78, 5) is 4.07. The van der Waals surface area contributed by atoms with Crippen molar-refractivity contribution in [1.29, 1.82) is 0 Å². The van der Waals surface area contributed by atoms with Crippen LogP contribution in [0.3, 0.4) is 0 Å². The molecule has 0 aliphatic carbocycles. The van der Waals surface area contributed by atoms with Crippen molar-refractivity contribution in [3.05, 3.63) is 58.3 Å². The summed E-state index contributed by atoms with van der Waals surface area (Å²) in [5.74, 6) is -0.870. The number of thiazole rings is 1. The molecular weight excluding hydrogens is 371 g/mol. The minimum Gasteiger partial charge on any atom is -0.239 e. The third-order valence-electron chi connectivity index (χ3n) is 3.76. The summed E-state index contributed by atoms with van der Waals surface area (Å²) in [6, 6.07) is 10.6. The molecule has 3 aromatic rings. The molecule has 8 heteroatoms. The molecule has 3 rings (SSSR count). The molecule has 1 atom stereocenters. The summed E-state index contributed by atoms with van der Waals surface area (Å²) < 4.78 is 41.6. The first kappa shape index (κ1) is 17.3. The molecule has 0 aliphatic rings. The smallest absolute Gasteiger partial charge is 0.239 e. The molecule has 0 aliphatic heterocycles. The van der Waals surface area contributed by atoms with Gasteiger partial charge in [-0.1, -0.05) is 23.7 Å². The zero-order chi connectivity index (χ0) is 17.5. The molecule has 0 saturated carbocycles. The van der Waals surface area contributed by atoms with Gasteiger partial charge in [-0.05, 0) is 37.3 Å². The number of hydrogen-bond donors (Lipinski definition) is 0. The second-order valence-electron chi connectivity index (χ2n) is 5.29. The maximum Gasteiger partial charge on any atom is 0.246 e. The number of aromatic nitrogens is 1. The second-order valence-corrected chi connectivity index (χ2v) is 8.76. The Labute approximate surface area is 148 Å². The summed E-state index contributed by atoms with van der Waals surface area (Å²) in [7, 11) is -2.59. The Kier molecular flexibility index (Phi) is 4.61. The van der Waals surface area contributed by atoms with Crippen LogP contribution in [0.15, 0.2) is 47.4 Å². The number of rotatable bonds is 4. The lowest BCUT2D eigenvalue weighted by molar-refractivity contribution is 0.394. The summed E-state index contributed by atoms with van der Waals surface area (Å²) >= 11 is 7.11. The van der Waals surface area contributed by atoms with E-state index in [0.29, 0.717) is 5.01 Å². The van der Waals surface area contributed by atoms with Gasteiger partial charge in [-0.25, -0.2) is 17.8 Å². The summed E-state index contributed by atoms with van der Waals surface area (Å²) in [6.45, 7) is 1.73. The lowest BCUT2D eigenvalue weighted by atomic mass is 10.3. The monoisotopic (exact) mass is 384 g/mol. The van der Waals surface area contributed by atoms with Crippen LogP contribution in [0.2, 0.25) is 5.02 Å². The molecule has 2 aromatic carbocycles. The fraction of sp³-hybridized carbons (Fsp3) is 0.188. The van der Waals surface area contributed by atoms with Crippen molar-refractivity contribution < 1.29 is 12.8 Å². The van der Waals surface area contributed by atoms with Crippen molar-refractivity contribution in [2.24, 2.45) is 0 Å². The Morgan fingerprint density at radius 2 is 1.96 bits per heavy atom. The van der Waals surface area contributed by atoms with Crippen LogP contribution in [0.5, 0.6) is 0 Å². The molecular formula is C16H14ClFN2O2S2. The van der Waals surface area contributed by atoms with Crippen LogP contribution in [0.1, 0.15) is 18.0 Å². The number of benzene rings is 2. The Bertz CT molecular complexity index is 971. The highest BCUT2D eigenvalue weighted by Crippen LogP contribution is 2.32. The third-order valence-corrected chi connectivity index (χ3v) is 7.17. The number of nitrogens with zero attached hydrogens (tertiary/aromatic N) is 2. The Morgan fingerprint density at radius 3 is 2.62 bits per heavy atom. The lowest BCUT2D eigenvalue weighted by Gasteiger charge is -2.23. The van der Waals surface area contributed by atoms with Crippen molar-refractivity contribution in [2.45, 2.75) is 17.9 Å². The van der Waals surface area contributed by atoms with Crippen LogP contribution in [-0.4, -0.2) is 24.8 Å². The van der Waals surface area contributed by atoms with E-state index in [1.54, 1.807) is 6.92 Å². The molecule has 0 saturated heterocycles. The minimum atomic E-state index is -4.00. The standard InChI is InChI=1S/C16H14ClFN2O2S2/c1-10(16-19-13-5-3-4-6-14(13)23-16)20(2)24(21,22)15-8-7-11(17)9-12(15)18/h3-10H,1-2H3/t10-/m0/s1. The molecule has 4 nitrogen and oxygen atoms in total. The Hall–Kier alpha value is -1.54. The maximum atomic E-state index is 14.0. The van der Waals surface area contributed by atoms with E-state index in [1.165, 1.54) is 30.5 Å². The van der Waals surface area contributed by atoms with Gasteiger partial charge in [0.2, 0.25) is 10.0 Å². The van der Waals surface area contributed by atoms with E-state index in [2.05, 4.69) is 4.98 Å². The summed E-state index contributed by atoms with van der Waals surface area (Å²) in [5, 5.41) is 0.796. The Morgan fingerprint density at radius 1 is 1.25 bits per heavy atom. The van der Waals surface area contributed by atoms with Crippen LogP contribution in [0.25, 0.3) is 10.2 Å². The SMILES string of the molecule is C[C@@H](c1nc2ccccc2s1)N(C)S(=O)(=O)c1ccc(Cl)cc1F. The van der Waals surface area contributed by atoms with Crippen molar-refractivity contribution in [3.63, 3.8) is 0 Å². The highest BCUT2D eigenvalue weighted by atomic mass is 35.5. The van der Waals surface area contributed by atoms with Crippen molar-refractivity contribution in [3.8, 4) is 0 Å². The Balaban J connectivity index is 1.98. The van der Waals surface area contributed by atoms with Gasteiger partial charge in [0.1, 0.15) is 15.7 Å². The van der Waals surface area contributed by atoms with E-state index in [9.17, 15) is 12.8 Å². The third kappa shape index (κ3) is 3.04. The van der Waals surface area contributed by atoms with Crippen molar-refractivity contribution in [2.75, 3.05) is 7.05 Å². The van der Waals surface area contributed by atoms with Crippen LogP contribution < -0.4 is 0 Å². The van der Waals surface area contributed by atoms with E-state index in [4.69, 9.17) is 11.6 Å². The van der Waals surface area contributed by atoms with Gasteiger partial charge in [0.25, 0.3) is 0 Å². The second kappa shape index (κ2) is 6.40. The molecule has 0 radical (unpaired) electrons. The number of sulfonamides is 1. The quantitative estimate of drug-likeness (QED) is 0.666. The average molecular weight is 385 g/mol. The van der Waals surface area contributed by atoms with Gasteiger partial charge in [-0.3, -0.25) is 0 Å². The first-order chi connectivity index (χ1) is 11.3. The maximum absolute atomic E-state index is 14.0. The predicted molar refractivity (Wildman–Crippen MR) is 94.4 cm³/mol. The van der Waals surface area contributed by atoms with Gasteiger partial charge in [-0.15, -0.1) is 11.3 Å². The molecule has 0 spiro atoms. The van der Waals surface area contributed by atoms with Gasteiger partial charge >= 0.3 is 0 Å². The van der Waals surface area contributed by atoms with Crippen LogP contribution in [-0.2, 0) is 10.0 Å². The van der Waals surface area contributed by atoms with Crippen LogP contribution in [0, 0.1) is 5.82 Å². The normalized spacial score (nSPS) is 13.5. The first-order valence-electron chi connectivity index (χ1n) is 7.09. The van der Waals surface area contributed by atoms with Crippen LogP contribution >= 0.6 is 22.9 Å².